The van der Waals surface area contributed by atoms with Crippen molar-refractivity contribution in [2.45, 2.75) is 31.8 Å². The van der Waals surface area contributed by atoms with Crippen LogP contribution in [0.4, 0.5) is 4.79 Å². The van der Waals surface area contributed by atoms with Gasteiger partial charge in [0.05, 0.1) is 6.04 Å². The van der Waals surface area contributed by atoms with E-state index in [1.807, 2.05) is 24.1 Å². The van der Waals surface area contributed by atoms with Crippen LogP contribution in [0.15, 0.2) is 40.9 Å². The highest BCUT2D eigenvalue weighted by molar-refractivity contribution is 9.10. The van der Waals surface area contributed by atoms with E-state index in [0.717, 1.165) is 36.0 Å². The second-order valence-corrected chi connectivity index (χ2v) is 7.85. The summed E-state index contributed by atoms with van der Waals surface area (Å²) < 4.78 is 1.08. The monoisotopic (exact) mass is 403 g/mol. The number of nitrogens with one attached hydrogen (secondary N) is 1. The summed E-state index contributed by atoms with van der Waals surface area (Å²) in [5, 5.41) is 5.52. The molecule has 1 unspecified atom stereocenters. The number of nitrogens with zero attached hydrogens (tertiary/aromatic N) is 2. The summed E-state index contributed by atoms with van der Waals surface area (Å²) in [4.78, 5) is 16.9. The van der Waals surface area contributed by atoms with Crippen molar-refractivity contribution < 1.29 is 4.79 Å². The average Bonchev–Trinajstić information content (AvgIpc) is 2.62. The molecule has 2 amide bonds. The number of benzene rings is 2. The molecule has 2 aromatic rings. The standard InChI is InChI=1S/C20H26BrN3O/c1-14(16-8-9-19(21)18-7-5-4-6-17(16)18)22-20(25)24(3)15-10-12-23(2)13-11-15/h4-9,14-15H,10-13H2,1-3H3,(H,22,25). The highest BCUT2D eigenvalue weighted by Gasteiger charge is 2.25. The van der Waals surface area contributed by atoms with Gasteiger partial charge in [-0.05, 0) is 62.3 Å². The van der Waals surface area contributed by atoms with E-state index in [2.05, 4.69) is 64.4 Å². The number of likely N-dealkylation sites (tertiary alicyclic amines) is 1. The van der Waals surface area contributed by atoms with Crippen LogP contribution in [0.1, 0.15) is 31.4 Å². The second-order valence-electron chi connectivity index (χ2n) is 7.00. The first-order chi connectivity index (χ1) is 12.0. The maximum absolute atomic E-state index is 12.7. The Morgan fingerprint density at radius 1 is 1.20 bits per heavy atom. The first-order valence-electron chi connectivity index (χ1n) is 8.86. The lowest BCUT2D eigenvalue weighted by Gasteiger charge is -2.35. The molecule has 0 bridgehead atoms. The van der Waals surface area contributed by atoms with Crippen molar-refractivity contribution in [3.63, 3.8) is 0 Å². The van der Waals surface area contributed by atoms with Gasteiger partial charge in [-0.2, -0.15) is 0 Å². The van der Waals surface area contributed by atoms with Crippen LogP contribution in [0.2, 0.25) is 0 Å². The van der Waals surface area contributed by atoms with Gasteiger partial charge in [-0.25, -0.2) is 4.79 Å². The van der Waals surface area contributed by atoms with Crippen molar-refractivity contribution in [1.29, 1.82) is 0 Å². The summed E-state index contributed by atoms with van der Waals surface area (Å²) in [5.74, 6) is 0. The molecular weight excluding hydrogens is 378 g/mol. The van der Waals surface area contributed by atoms with Gasteiger partial charge < -0.3 is 15.1 Å². The number of rotatable bonds is 3. The highest BCUT2D eigenvalue weighted by Crippen LogP contribution is 2.30. The van der Waals surface area contributed by atoms with Gasteiger partial charge in [0, 0.05) is 17.6 Å². The van der Waals surface area contributed by atoms with E-state index in [9.17, 15) is 4.79 Å². The molecule has 1 aliphatic rings. The number of amides is 2. The molecule has 4 nitrogen and oxygen atoms in total. The Balaban J connectivity index is 1.73. The van der Waals surface area contributed by atoms with Crippen LogP contribution < -0.4 is 5.32 Å². The van der Waals surface area contributed by atoms with Gasteiger partial charge in [0.2, 0.25) is 0 Å². The fraction of sp³-hybridized carbons (Fsp3) is 0.450. The molecule has 0 radical (unpaired) electrons. The number of hydrogen-bond donors (Lipinski definition) is 1. The molecule has 5 heteroatoms. The van der Waals surface area contributed by atoms with Crippen LogP contribution in [-0.2, 0) is 0 Å². The summed E-state index contributed by atoms with van der Waals surface area (Å²) in [6.45, 7) is 4.15. The van der Waals surface area contributed by atoms with E-state index < -0.39 is 0 Å². The number of carbonyl (C=O) groups is 1. The van der Waals surface area contributed by atoms with E-state index in [1.165, 1.54) is 10.8 Å². The van der Waals surface area contributed by atoms with Crippen molar-refractivity contribution in [3.05, 3.63) is 46.4 Å². The number of urea groups is 1. The Morgan fingerprint density at radius 2 is 1.84 bits per heavy atom. The largest absolute Gasteiger partial charge is 0.331 e. The zero-order valence-electron chi connectivity index (χ0n) is 15.1. The van der Waals surface area contributed by atoms with Crippen LogP contribution >= 0.6 is 15.9 Å². The predicted octanol–water partition coefficient (Wildman–Crippen LogP) is 4.40. The molecule has 1 N–H and O–H groups in total. The topological polar surface area (TPSA) is 35.6 Å². The molecular formula is C20H26BrN3O. The SMILES string of the molecule is CC(NC(=O)N(C)C1CCN(C)CC1)c1ccc(Br)c2ccccc12. The van der Waals surface area contributed by atoms with E-state index in [0.29, 0.717) is 6.04 Å². The van der Waals surface area contributed by atoms with Crippen LogP contribution in [0, 0.1) is 0 Å². The van der Waals surface area contributed by atoms with Crippen LogP contribution in [-0.4, -0.2) is 49.1 Å². The zero-order valence-corrected chi connectivity index (χ0v) is 16.7. The van der Waals surface area contributed by atoms with Crippen LogP contribution in [0.25, 0.3) is 10.8 Å². The van der Waals surface area contributed by atoms with Crippen LogP contribution in [0.5, 0.6) is 0 Å². The molecule has 0 spiro atoms. The Hall–Kier alpha value is -1.59. The van der Waals surface area contributed by atoms with Crippen molar-refractivity contribution >= 4 is 32.7 Å². The summed E-state index contributed by atoms with van der Waals surface area (Å²) in [7, 11) is 4.05. The first-order valence-corrected chi connectivity index (χ1v) is 9.65. The number of piperidine rings is 1. The fourth-order valence-electron chi connectivity index (χ4n) is 3.58. The van der Waals surface area contributed by atoms with Crippen molar-refractivity contribution in [1.82, 2.24) is 15.1 Å². The maximum Gasteiger partial charge on any atom is 0.317 e. The normalized spacial score (nSPS) is 17.4. The van der Waals surface area contributed by atoms with E-state index in [4.69, 9.17) is 0 Å². The van der Waals surface area contributed by atoms with Gasteiger partial charge >= 0.3 is 6.03 Å². The molecule has 25 heavy (non-hydrogen) atoms. The van der Waals surface area contributed by atoms with E-state index in [-0.39, 0.29) is 12.1 Å². The molecule has 1 saturated heterocycles. The molecule has 3 rings (SSSR count). The van der Waals surface area contributed by atoms with Crippen molar-refractivity contribution in [2.24, 2.45) is 0 Å². The third-order valence-electron chi connectivity index (χ3n) is 5.27. The predicted molar refractivity (Wildman–Crippen MR) is 107 cm³/mol. The Labute approximate surface area is 158 Å². The van der Waals surface area contributed by atoms with Gasteiger partial charge in [0.25, 0.3) is 0 Å². The molecule has 0 aliphatic carbocycles. The molecule has 134 valence electrons. The lowest BCUT2D eigenvalue weighted by atomic mass is 9.99. The zero-order chi connectivity index (χ0) is 18.0. The van der Waals surface area contributed by atoms with Gasteiger partial charge in [-0.1, -0.05) is 46.3 Å². The summed E-state index contributed by atoms with van der Waals surface area (Å²) in [6.07, 6.45) is 2.08. The lowest BCUT2D eigenvalue weighted by molar-refractivity contribution is 0.146. The minimum absolute atomic E-state index is 0.00838. The maximum atomic E-state index is 12.7. The van der Waals surface area contributed by atoms with E-state index >= 15 is 0 Å². The van der Waals surface area contributed by atoms with Gasteiger partial charge in [-0.15, -0.1) is 0 Å². The Bertz CT molecular complexity index is 756. The Kier molecular flexibility index (Phi) is 5.64. The minimum Gasteiger partial charge on any atom is -0.331 e. The minimum atomic E-state index is -0.0424. The van der Waals surface area contributed by atoms with Gasteiger partial charge in [-0.3, -0.25) is 0 Å². The molecule has 1 atom stereocenters. The smallest absolute Gasteiger partial charge is 0.317 e. The number of halogens is 1. The van der Waals surface area contributed by atoms with Crippen molar-refractivity contribution in [2.75, 3.05) is 27.2 Å². The number of fused-ring (bicyclic) bond motifs is 1. The molecule has 1 fully saturated rings. The number of carbonyl (C=O) groups excluding carboxylic acids is 1. The highest BCUT2D eigenvalue weighted by atomic mass is 79.9. The molecule has 0 saturated carbocycles. The summed E-state index contributed by atoms with van der Waals surface area (Å²) >= 11 is 3.61. The quantitative estimate of drug-likeness (QED) is 0.823. The van der Waals surface area contributed by atoms with Gasteiger partial charge in [0.15, 0.2) is 0 Å². The van der Waals surface area contributed by atoms with Crippen molar-refractivity contribution in [3.8, 4) is 0 Å². The van der Waals surface area contributed by atoms with Gasteiger partial charge in [0.1, 0.15) is 0 Å². The summed E-state index contributed by atoms with van der Waals surface area (Å²) in [6, 6.07) is 12.7. The first kappa shape index (κ1) is 18.2. The second kappa shape index (κ2) is 7.75. The Morgan fingerprint density at radius 3 is 2.52 bits per heavy atom. The van der Waals surface area contributed by atoms with E-state index in [1.54, 1.807) is 0 Å². The molecule has 0 aromatic heterocycles. The third kappa shape index (κ3) is 3.98. The molecule has 2 aromatic carbocycles. The third-order valence-corrected chi connectivity index (χ3v) is 5.96. The average molecular weight is 404 g/mol. The van der Waals surface area contributed by atoms with Crippen LogP contribution in [0.3, 0.4) is 0 Å². The molecule has 1 heterocycles. The fourth-order valence-corrected chi connectivity index (χ4v) is 4.05. The number of hydrogen-bond acceptors (Lipinski definition) is 2. The molecule has 1 aliphatic heterocycles. The lowest BCUT2D eigenvalue weighted by Crippen LogP contribution is -2.48. The summed E-state index contributed by atoms with van der Waals surface area (Å²) in [5.41, 5.74) is 1.14.